The lowest BCUT2D eigenvalue weighted by atomic mass is 9.71. The van der Waals surface area contributed by atoms with Gasteiger partial charge in [0.05, 0.1) is 36.3 Å². The molecule has 37 heavy (non-hydrogen) atoms. The third-order valence-electron chi connectivity index (χ3n) is 7.61. The maximum absolute atomic E-state index is 14.5. The van der Waals surface area contributed by atoms with Crippen LogP contribution in [0.25, 0.3) is 0 Å². The molecule has 3 aliphatic rings. The normalized spacial score (nSPS) is 30.5. The number of hydrogen-bond donors (Lipinski definition) is 1. The van der Waals surface area contributed by atoms with Crippen LogP contribution in [0.1, 0.15) is 19.8 Å². The molecule has 1 aromatic rings. The average molecular weight is 594 g/mol. The molecule has 2 amide bonds. The Morgan fingerprint density at radius 2 is 2.03 bits per heavy atom. The maximum atomic E-state index is 14.5. The predicted molar refractivity (Wildman–Crippen MR) is 147 cm³/mol. The molecular formula is C27H33BrN2O6S. The number of likely N-dealkylation sites (tertiary alicyclic amines) is 1. The Morgan fingerprint density at radius 3 is 2.59 bits per heavy atom. The molecule has 8 nitrogen and oxygen atoms in total. The van der Waals surface area contributed by atoms with Gasteiger partial charge in [0.1, 0.15) is 18.4 Å². The number of thioether (sulfide) groups is 1. The quantitative estimate of drug-likeness (QED) is 0.239. The number of hydrogen-bond acceptors (Lipinski definition) is 7. The number of carbonyl (C=O) groups is 3. The molecule has 2 bridgehead atoms. The number of anilines is 1. The summed E-state index contributed by atoms with van der Waals surface area (Å²) in [5.41, 5.74) is 0.643. The summed E-state index contributed by atoms with van der Waals surface area (Å²) >= 11 is 5.27. The number of alkyl halides is 1. The highest BCUT2D eigenvalue weighted by molar-refractivity contribution is 9.09. The van der Waals surface area contributed by atoms with Crippen molar-refractivity contribution in [3.63, 3.8) is 0 Å². The first kappa shape index (κ1) is 27.7. The van der Waals surface area contributed by atoms with Crippen LogP contribution in [0.15, 0.2) is 49.6 Å². The van der Waals surface area contributed by atoms with E-state index in [1.807, 2.05) is 6.92 Å². The second-order valence-corrected chi connectivity index (χ2v) is 12.2. The summed E-state index contributed by atoms with van der Waals surface area (Å²) in [5.74, 6) is -1.75. The number of amides is 2. The molecule has 3 heterocycles. The second-order valence-electron chi connectivity index (χ2n) is 9.51. The number of benzene rings is 1. The van der Waals surface area contributed by atoms with Crippen LogP contribution in [0, 0.1) is 11.8 Å². The first-order valence-corrected chi connectivity index (χ1v) is 14.2. The predicted octanol–water partition coefficient (Wildman–Crippen LogP) is 3.18. The van der Waals surface area contributed by atoms with Crippen LogP contribution >= 0.6 is 27.7 Å². The number of aliphatic hydroxyl groups is 1. The highest BCUT2D eigenvalue weighted by Gasteiger charge is 2.76. The lowest BCUT2D eigenvalue weighted by Crippen LogP contribution is -2.58. The maximum Gasteiger partial charge on any atom is 0.311 e. The van der Waals surface area contributed by atoms with E-state index in [-0.39, 0.29) is 41.6 Å². The van der Waals surface area contributed by atoms with E-state index < -0.39 is 34.6 Å². The summed E-state index contributed by atoms with van der Waals surface area (Å²) in [6.07, 6.45) is 4.15. The number of esters is 1. The van der Waals surface area contributed by atoms with Gasteiger partial charge < -0.3 is 24.4 Å². The van der Waals surface area contributed by atoms with Crippen molar-refractivity contribution in [2.75, 3.05) is 31.8 Å². The van der Waals surface area contributed by atoms with Crippen LogP contribution in [-0.4, -0.2) is 81.6 Å². The van der Waals surface area contributed by atoms with Gasteiger partial charge in [0.25, 0.3) is 5.91 Å². The fourth-order valence-corrected chi connectivity index (χ4v) is 9.60. The molecule has 1 aromatic carbocycles. The summed E-state index contributed by atoms with van der Waals surface area (Å²) in [5, 5.41) is 10.0. The molecule has 4 rings (SSSR count). The van der Waals surface area contributed by atoms with Gasteiger partial charge in [-0.2, -0.15) is 0 Å². The average Bonchev–Trinajstić information content (AvgIpc) is 3.50. The summed E-state index contributed by atoms with van der Waals surface area (Å²) in [6, 6.07) is 5.72. The zero-order valence-corrected chi connectivity index (χ0v) is 23.4. The van der Waals surface area contributed by atoms with Crippen molar-refractivity contribution in [1.29, 1.82) is 0 Å². The van der Waals surface area contributed by atoms with Gasteiger partial charge in [-0.15, -0.1) is 18.3 Å². The van der Waals surface area contributed by atoms with Crippen LogP contribution in [-0.2, 0) is 19.1 Å². The molecule has 3 aliphatic heterocycles. The van der Waals surface area contributed by atoms with Crippen LogP contribution in [0.2, 0.25) is 0 Å². The molecule has 3 fully saturated rings. The minimum atomic E-state index is -0.864. The third-order valence-corrected chi connectivity index (χ3v) is 10.8. The van der Waals surface area contributed by atoms with Crippen molar-refractivity contribution in [3.05, 3.63) is 49.6 Å². The number of methoxy groups -OCH3 is 1. The Morgan fingerprint density at radius 1 is 1.32 bits per heavy atom. The molecule has 0 saturated carbocycles. The zero-order valence-electron chi connectivity index (χ0n) is 21.0. The van der Waals surface area contributed by atoms with E-state index in [2.05, 4.69) is 29.1 Å². The molecule has 10 heteroatoms. The minimum Gasteiger partial charge on any atom is -0.497 e. The van der Waals surface area contributed by atoms with E-state index >= 15 is 0 Å². The van der Waals surface area contributed by atoms with E-state index in [0.29, 0.717) is 24.3 Å². The highest BCUT2D eigenvalue weighted by Crippen LogP contribution is 2.68. The number of ether oxygens (including phenoxy) is 2. The zero-order chi connectivity index (χ0) is 26.9. The Kier molecular flexibility index (Phi) is 8.40. The largest absolute Gasteiger partial charge is 0.497 e. The van der Waals surface area contributed by atoms with Crippen LogP contribution < -0.4 is 9.64 Å². The van der Waals surface area contributed by atoms with Gasteiger partial charge in [0.2, 0.25) is 5.91 Å². The van der Waals surface area contributed by atoms with Crippen molar-refractivity contribution in [2.45, 2.75) is 46.7 Å². The molecule has 3 saturated heterocycles. The number of rotatable bonds is 11. The fourth-order valence-electron chi connectivity index (χ4n) is 6.02. The van der Waals surface area contributed by atoms with E-state index in [9.17, 15) is 19.5 Å². The van der Waals surface area contributed by atoms with Gasteiger partial charge in [-0.25, -0.2) is 0 Å². The number of carbonyl (C=O) groups excluding carboxylic acids is 3. The van der Waals surface area contributed by atoms with E-state index in [1.54, 1.807) is 47.3 Å². The Balaban J connectivity index is 1.81. The fraction of sp³-hybridized carbons (Fsp3) is 0.519. The van der Waals surface area contributed by atoms with E-state index in [4.69, 9.17) is 9.47 Å². The van der Waals surface area contributed by atoms with Gasteiger partial charge in [-0.3, -0.25) is 14.4 Å². The summed E-state index contributed by atoms with van der Waals surface area (Å²) < 4.78 is 9.85. The molecular weight excluding hydrogens is 560 g/mol. The molecule has 0 radical (unpaired) electrons. The van der Waals surface area contributed by atoms with Gasteiger partial charge in [-0.1, -0.05) is 41.6 Å². The molecule has 200 valence electrons. The number of aliphatic hydroxyl groups excluding tert-OH is 1. The van der Waals surface area contributed by atoms with Crippen LogP contribution in [0.5, 0.6) is 5.75 Å². The Labute approximate surface area is 230 Å². The molecule has 3 unspecified atom stereocenters. The van der Waals surface area contributed by atoms with Crippen molar-refractivity contribution in [3.8, 4) is 5.75 Å². The lowest BCUT2D eigenvalue weighted by molar-refractivity contribution is -0.153. The van der Waals surface area contributed by atoms with E-state index in [0.717, 1.165) is 0 Å². The standard InChI is InChI=1S/C27H33BrN2O6S/c1-5-12-29(17-8-10-18(35-4)11-9-17)25(33)23-27-14-19(28)22(37-27)20(26(34)36-13-6-2)21(27)24(32)30(23)16(7-3)15-31/h5-6,8-11,16,19-23,31H,1-2,7,12-15H2,3-4H3/t16-,19?,20-,21-,22-,23?,27?/m0/s1. The second kappa shape index (κ2) is 11.2. The molecule has 7 atom stereocenters. The van der Waals surface area contributed by atoms with E-state index in [1.165, 1.54) is 17.8 Å². The van der Waals surface area contributed by atoms with Gasteiger partial charge in [0, 0.05) is 22.3 Å². The van der Waals surface area contributed by atoms with Crippen LogP contribution in [0.3, 0.4) is 0 Å². The summed E-state index contributed by atoms with van der Waals surface area (Å²) in [7, 11) is 1.57. The minimum absolute atomic E-state index is 0.0540. The summed E-state index contributed by atoms with van der Waals surface area (Å²) in [6.45, 7) is 9.33. The third kappa shape index (κ3) is 4.51. The smallest absolute Gasteiger partial charge is 0.311 e. The van der Waals surface area contributed by atoms with Gasteiger partial charge in [0.15, 0.2) is 0 Å². The number of fused-ring (bicyclic) bond motifs is 1. The first-order chi connectivity index (χ1) is 17.8. The van der Waals surface area contributed by atoms with Crippen molar-refractivity contribution < 1.29 is 29.0 Å². The Hall–Kier alpha value is -2.30. The molecule has 0 aromatic heterocycles. The van der Waals surface area contributed by atoms with Crippen LogP contribution in [0.4, 0.5) is 5.69 Å². The number of nitrogens with zero attached hydrogens (tertiary/aromatic N) is 2. The number of halogens is 1. The summed E-state index contributed by atoms with van der Waals surface area (Å²) in [4.78, 5) is 44.9. The van der Waals surface area contributed by atoms with Gasteiger partial charge in [-0.05, 0) is 37.1 Å². The first-order valence-electron chi connectivity index (χ1n) is 12.4. The molecule has 1 spiro atoms. The molecule has 0 aliphatic carbocycles. The lowest BCUT2D eigenvalue weighted by Gasteiger charge is -2.39. The Bertz CT molecular complexity index is 1060. The topological polar surface area (TPSA) is 96.4 Å². The molecule has 1 N–H and O–H groups in total. The monoisotopic (exact) mass is 592 g/mol. The van der Waals surface area contributed by atoms with Crippen molar-refractivity contribution in [1.82, 2.24) is 4.90 Å². The van der Waals surface area contributed by atoms with Crippen molar-refractivity contribution in [2.24, 2.45) is 11.8 Å². The van der Waals surface area contributed by atoms with Crippen molar-refractivity contribution >= 4 is 51.2 Å². The van der Waals surface area contributed by atoms with Gasteiger partial charge >= 0.3 is 5.97 Å². The highest BCUT2D eigenvalue weighted by atomic mass is 79.9. The SMILES string of the molecule is C=CCOC(=O)[C@H]1[C@H]2C(=O)N([C@@H](CC)CO)C(C(=O)N(CC=C)c3ccc(OC)cc3)C23CC(Br)[C@@H]1S3.